The second-order valence-electron chi connectivity index (χ2n) is 17.2. The highest BCUT2D eigenvalue weighted by Gasteiger charge is 2.47. The van der Waals surface area contributed by atoms with E-state index in [1.807, 2.05) is 0 Å². The highest BCUT2D eigenvalue weighted by atomic mass is 16.3. The van der Waals surface area contributed by atoms with Gasteiger partial charge in [0.05, 0.1) is 5.69 Å². The first-order valence-corrected chi connectivity index (χ1v) is 22.3. The summed E-state index contributed by atoms with van der Waals surface area (Å²) in [6, 6.07) is 82.3. The van der Waals surface area contributed by atoms with Crippen molar-refractivity contribution in [2.24, 2.45) is 0 Å². The molecule has 0 saturated heterocycles. The van der Waals surface area contributed by atoms with E-state index in [1.165, 1.54) is 77.6 Å². The minimum atomic E-state index is -0.179. The molecule has 10 aromatic carbocycles. The van der Waals surface area contributed by atoms with E-state index in [-0.39, 0.29) is 6.85 Å². The Kier molecular flexibility index (Phi) is 8.45. The molecule has 2 aliphatic rings. The molecule has 0 atom stereocenters. The Morgan fingerprint density at radius 3 is 1.80 bits per heavy atom. The van der Waals surface area contributed by atoms with Crippen molar-refractivity contribution >= 4 is 78.9 Å². The molecule has 1 aromatic heterocycles. The Bertz CT molecular complexity index is 3560. The van der Waals surface area contributed by atoms with Crippen molar-refractivity contribution in [1.29, 1.82) is 0 Å². The summed E-state index contributed by atoms with van der Waals surface area (Å²) in [7, 11) is 0. The van der Waals surface area contributed by atoms with E-state index in [2.05, 4.69) is 234 Å². The quantitative estimate of drug-likeness (QED) is 0.149. The molecule has 0 spiro atoms. The second kappa shape index (κ2) is 14.8. The number of nitrogens with zero attached hydrogens (tertiary/aromatic N) is 2. The first-order chi connectivity index (χ1) is 31.7. The SMILES string of the molecule is c1ccc(Cc2ccccc2N2c3c(Cc4ccccc4)cccc3B3c4c(cc5c(oc6ccccc65)c42)-c2cc4ccccc4cc2N3c2ccc(-c3ccccc3)cc2)cc1. The molecule has 4 heteroatoms. The molecule has 0 amide bonds. The van der Waals surface area contributed by atoms with Gasteiger partial charge in [0.25, 0.3) is 0 Å². The van der Waals surface area contributed by atoms with Gasteiger partial charge in [-0.05, 0) is 116 Å². The minimum absolute atomic E-state index is 0.179. The molecule has 0 aliphatic carbocycles. The van der Waals surface area contributed by atoms with Crippen LogP contribution in [0.4, 0.5) is 28.4 Å². The zero-order valence-electron chi connectivity index (χ0n) is 35.2. The van der Waals surface area contributed by atoms with Crippen molar-refractivity contribution < 1.29 is 4.42 Å². The number of fused-ring (bicyclic) bond motifs is 9. The third kappa shape index (κ3) is 5.83. The van der Waals surface area contributed by atoms with Gasteiger partial charge in [0, 0.05) is 39.1 Å². The largest absolute Gasteiger partial charge is 0.454 e. The van der Waals surface area contributed by atoms with Gasteiger partial charge in [-0.1, -0.05) is 182 Å². The summed E-state index contributed by atoms with van der Waals surface area (Å²) in [4.78, 5) is 5.21. The van der Waals surface area contributed by atoms with Gasteiger partial charge in [-0.25, -0.2) is 0 Å². The number of para-hydroxylation sites is 3. The van der Waals surface area contributed by atoms with Gasteiger partial charge in [0.1, 0.15) is 5.58 Å². The Hall–Kier alpha value is -8.08. The number of hydrogen-bond donors (Lipinski definition) is 0. The van der Waals surface area contributed by atoms with Crippen LogP contribution in [-0.4, -0.2) is 6.85 Å². The summed E-state index contributed by atoms with van der Waals surface area (Å²) >= 11 is 0. The van der Waals surface area contributed by atoms with E-state index in [1.54, 1.807) is 0 Å². The number of hydrogen-bond acceptors (Lipinski definition) is 3. The van der Waals surface area contributed by atoms with Crippen LogP contribution in [0.25, 0.3) is 55.0 Å². The van der Waals surface area contributed by atoms with Crippen LogP contribution in [0, 0.1) is 0 Å². The molecule has 0 saturated carbocycles. The summed E-state index contributed by atoms with van der Waals surface area (Å²) in [5, 5.41) is 4.68. The molecular weight excluding hydrogens is 775 g/mol. The summed E-state index contributed by atoms with van der Waals surface area (Å²) < 4.78 is 7.21. The minimum Gasteiger partial charge on any atom is -0.454 e. The van der Waals surface area contributed by atoms with Gasteiger partial charge in [-0.2, -0.15) is 0 Å². The van der Waals surface area contributed by atoms with E-state index in [0.717, 1.165) is 51.8 Å². The molecule has 0 fully saturated rings. The maximum absolute atomic E-state index is 7.21. The Morgan fingerprint density at radius 2 is 1.03 bits per heavy atom. The maximum Gasteiger partial charge on any atom is 0.333 e. The van der Waals surface area contributed by atoms with Gasteiger partial charge in [-0.3, -0.25) is 0 Å². The monoisotopic (exact) mass is 816 g/mol. The van der Waals surface area contributed by atoms with Crippen molar-refractivity contribution in [2.45, 2.75) is 12.8 Å². The molecule has 64 heavy (non-hydrogen) atoms. The van der Waals surface area contributed by atoms with Crippen molar-refractivity contribution in [3.05, 3.63) is 247 Å². The lowest BCUT2D eigenvalue weighted by Crippen LogP contribution is -2.62. The fraction of sp³-hybridized carbons (Fsp3) is 0.0333. The maximum atomic E-state index is 7.21. The van der Waals surface area contributed by atoms with Gasteiger partial charge in [0.15, 0.2) is 5.58 Å². The van der Waals surface area contributed by atoms with Crippen molar-refractivity contribution in [3.63, 3.8) is 0 Å². The summed E-state index contributed by atoms with van der Waals surface area (Å²) in [5.74, 6) is 0. The van der Waals surface area contributed by atoms with Crippen LogP contribution in [0.2, 0.25) is 0 Å². The van der Waals surface area contributed by atoms with E-state index < -0.39 is 0 Å². The average molecular weight is 817 g/mol. The summed E-state index contributed by atoms with van der Waals surface area (Å²) in [6.45, 7) is -0.179. The van der Waals surface area contributed by atoms with E-state index >= 15 is 0 Å². The van der Waals surface area contributed by atoms with Gasteiger partial charge in [0.2, 0.25) is 0 Å². The summed E-state index contributed by atoms with van der Waals surface area (Å²) in [5.41, 5.74) is 20.0. The average Bonchev–Trinajstić information content (AvgIpc) is 3.73. The Balaban J connectivity index is 1.17. The molecule has 300 valence electrons. The molecule has 0 unspecified atom stereocenters. The van der Waals surface area contributed by atoms with Crippen LogP contribution in [0.15, 0.2) is 229 Å². The molecular formula is C60H41BN2O. The molecule has 3 heterocycles. The lowest BCUT2D eigenvalue weighted by atomic mass is 9.43. The molecule has 11 aromatic rings. The summed E-state index contributed by atoms with van der Waals surface area (Å²) in [6.07, 6.45) is 1.57. The van der Waals surface area contributed by atoms with Gasteiger partial charge in [-0.15, -0.1) is 0 Å². The topological polar surface area (TPSA) is 19.6 Å². The first kappa shape index (κ1) is 36.6. The number of benzene rings is 10. The molecule has 13 rings (SSSR count). The normalized spacial score (nSPS) is 12.7. The number of furan rings is 1. The standard InChI is InChI=1S/C60H41BN2O/c1-4-17-40(18-5-1)35-46-25-12-14-29-54(46)62-58-47(36-41-19-6-2-7-20-41)26-16-28-53(58)61-57-51(39-52-49-27-13-15-30-56(49)64-60(52)59(57)62)50-37-44-23-10-11-24-45(44)38-55(50)63(61)48-33-31-43(32-34-48)42-21-8-3-9-22-42/h1-34,37-39H,35-36H2. The molecule has 3 nitrogen and oxygen atoms in total. The lowest BCUT2D eigenvalue weighted by Gasteiger charge is -2.46. The highest BCUT2D eigenvalue weighted by Crippen LogP contribution is 2.52. The molecule has 0 N–H and O–H groups in total. The first-order valence-electron chi connectivity index (χ1n) is 22.3. The Labute approximate surface area is 373 Å². The fourth-order valence-corrected chi connectivity index (χ4v) is 10.6. The lowest BCUT2D eigenvalue weighted by molar-refractivity contribution is 0.669. The fourth-order valence-electron chi connectivity index (χ4n) is 10.6. The van der Waals surface area contributed by atoms with Crippen LogP contribution in [0.3, 0.4) is 0 Å². The van der Waals surface area contributed by atoms with Crippen LogP contribution < -0.4 is 20.6 Å². The van der Waals surface area contributed by atoms with Crippen molar-refractivity contribution in [2.75, 3.05) is 9.71 Å². The predicted molar refractivity (Wildman–Crippen MR) is 269 cm³/mol. The van der Waals surface area contributed by atoms with E-state index in [0.29, 0.717) is 0 Å². The predicted octanol–water partition coefficient (Wildman–Crippen LogP) is 14.3. The smallest absolute Gasteiger partial charge is 0.333 e. The Morgan fingerprint density at radius 1 is 0.422 bits per heavy atom. The zero-order chi connectivity index (χ0) is 42.1. The molecule has 0 radical (unpaired) electrons. The van der Waals surface area contributed by atoms with Crippen molar-refractivity contribution in [1.82, 2.24) is 0 Å². The molecule has 0 bridgehead atoms. The van der Waals surface area contributed by atoms with Gasteiger partial charge >= 0.3 is 6.85 Å². The van der Waals surface area contributed by atoms with E-state index in [4.69, 9.17) is 4.42 Å². The third-order valence-electron chi connectivity index (χ3n) is 13.5. The van der Waals surface area contributed by atoms with Gasteiger partial charge < -0.3 is 14.1 Å². The van der Waals surface area contributed by atoms with E-state index in [9.17, 15) is 0 Å². The second-order valence-corrected chi connectivity index (χ2v) is 17.2. The van der Waals surface area contributed by atoms with Crippen molar-refractivity contribution in [3.8, 4) is 22.3 Å². The number of anilines is 5. The van der Waals surface area contributed by atoms with Crippen LogP contribution in [0.1, 0.15) is 22.3 Å². The third-order valence-corrected chi connectivity index (χ3v) is 13.5. The van der Waals surface area contributed by atoms with Crippen LogP contribution >= 0.6 is 0 Å². The van der Waals surface area contributed by atoms with Crippen LogP contribution in [0.5, 0.6) is 0 Å². The van der Waals surface area contributed by atoms with Crippen LogP contribution in [-0.2, 0) is 12.8 Å². The number of rotatable bonds is 7. The zero-order valence-corrected chi connectivity index (χ0v) is 35.2. The molecule has 2 aliphatic heterocycles. The highest BCUT2D eigenvalue weighted by molar-refractivity contribution is 6.94.